The molecular formula is C19H21N5O. The molecule has 128 valence electrons. The minimum absolute atomic E-state index is 0.139. The lowest BCUT2D eigenvalue weighted by molar-refractivity contribution is 0.0938. The highest BCUT2D eigenvalue weighted by molar-refractivity contribution is 5.95. The third-order valence-corrected chi connectivity index (χ3v) is 4.02. The molecule has 25 heavy (non-hydrogen) atoms. The number of hydrogen-bond donors (Lipinski definition) is 1. The molecule has 2 aromatic heterocycles. The molecule has 6 nitrogen and oxygen atoms in total. The summed E-state index contributed by atoms with van der Waals surface area (Å²) >= 11 is 0. The van der Waals surface area contributed by atoms with E-state index >= 15 is 0 Å². The molecular weight excluding hydrogens is 314 g/mol. The van der Waals surface area contributed by atoms with Gasteiger partial charge in [-0.3, -0.25) is 9.78 Å². The standard InChI is InChI=1S/C19H21N5O/c1-12-8-17(9-13(2)21-12)15-6-5-7-16(10-15)19(25)22-14(3)18-23-20-11-24(18)4/h5-11,14H,1-4H3,(H,22,25)/t14-/m1/s1. The fraction of sp³-hybridized carbons (Fsp3) is 0.263. The van der Waals surface area contributed by atoms with Crippen molar-refractivity contribution in [1.29, 1.82) is 0 Å². The fourth-order valence-corrected chi connectivity index (χ4v) is 2.87. The van der Waals surface area contributed by atoms with E-state index in [1.807, 2.05) is 64.2 Å². The minimum Gasteiger partial charge on any atom is -0.342 e. The van der Waals surface area contributed by atoms with E-state index < -0.39 is 0 Å². The summed E-state index contributed by atoms with van der Waals surface area (Å²) in [6, 6.07) is 11.4. The van der Waals surface area contributed by atoms with E-state index in [1.165, 1.54) is 0 Å². The minimum atomic E-state index is -0.228. The van der Waals surface area contributed by atoms with Crippen LogP contribution in [0.1, 0.15) is 40.5 Å². The second-order valence-electron chi connectivity index (χ2n) is 6.21. The Labute approximate surface area is 146 Å². The third kappa shape index (κ3) is 3.74. The topological polar surface area (TPSA) is 72.7 Å². The van der Waals surface area contributed by atoms with Gasteiger partial charge in [-0.05, 0) is 56.2 Å². The van der Waals surface area contributed by atoms with Crippen molar-refractivity contribution in [3.05, 3.63) is 65.5 Å². The largest absolute Gasteiger partial charge is 0.342 e. The maximum atomic E-state index is 12.6. The number of aromatic nitrogens is 4. The molecule has 3 aromatic rings. The molecule has 0 bridgehead atoms. The van der Waals surface area contributed by atoms with Gasteiger partial charge >= 0.3 is 0 Å². The smallest absolute Gasteiger partial charge is 0.251 e. The van der Waals surface area contributed by atoms with Crippen molar-refractivity contribution in [2.45, 2.75) is 26.8 Å². The van der Waals surface area contributed by atoms with Crippen LogP contribution in [0.3, 0.4) is 0 Å². The molecule has 0 aliphatic heterocycles. The van der Waals surface area contributed by atoms with Crippen LogP contribution in [-0.2, 0) is 7.05 Å². The lowest BCUT2D eigenvalue weighted by Crippen LogP contribution is -2.28. The van der Waals surface area contributed by atoms with E-state index in [0.29, 0.717) is 11.4 Å². The molecule has 0 saturated heterocycles. The summed E-state index contributed by atoms with van der Waals surface area (Å²) < 4.78 is 1.80. The number of carbonyl (C=O) groups excluding carboxylic acids is 1. The van der Waals surface area contributed by atoms with Gasteiger partial charge in [0.2, 0.25) is 0 Å². The first kappa shape index (κ1) is 16.8. The highest BCUT2D eigenvalue weighted by Crippen LogP contribution is 2.22. The lowest BCUT2D eigenvalue weighted by Gasteiger charge is -2.13. The van der Waals surface area contributed by atoms with E-state index in [9.17, 15) is 4.79 Å². The van der Waals surface area contributed by atoms with E-state index in [-0.39, 0.29) is 11.9 Å². The molecule has 0 radical (unpaired) electrons. The Kier molecular flexibility index (Phi) is 4.61. The molecule has 0 spiro atoms. The van der Waals surface area contributed by atoms with Crippen LogP contribution in [0, 0.1) is 13.8 Å². The van der Waals surface area contributed by atoms with Crippen molar-refractivity contribution in [3.63, 3.8) is 0 Å². The highest BCUT2D eigenvalue weighted by atomic mass is 16.1. The number of amides is 1. The van der Waals surface area contributed by atoms with Crippen LogP contribution in [0.2, 0.25) is 0 Å². The van der Waals surface area contributed by atoms with Gasteiger partial charge in [0, 0.05) is 24.0 Å². The zero-order chi connectivity index (χ0) is 18.0. The zero-order valence-corrected chi connectivity index (χ0v) is 14.8. The van der Waals surface area contributed by atoms with Crippen molar-refractivity contribution < 1.29 is 4.79 Å². The Morgan fingerprint density at radius 3 is 2.48 bits per heavy atom. The van der Waals surface area contributed by atoms with E-state index in [2.05, 4.69) is 20.5 Å². The van der Waals surface area contributed by atoms with Gasteiger partial charge in [0.15, 0.2) is 5.82 Å². The quantitative estimate of drug-likeness (QED) is 0.795. The van der Waals surface area contributed by atoms with Crippen molar-refractivity contribution >= 4 is 5.91 Å². The molecule has 0 unspecified atom stereocenters. The SMILES string of the molecule is Cc1cc(-c2cccc(C(=O)N[C@H](C)c3nncn3C)c2)cc(C)n1. The van der Waals surface area contributed by atoms with Gasteiger partial charge in [0.05, 0.1) is 6.04 Å². The Balaban J connectivity index is 1.83. The van der Waals surface area contributed by atoms with Crippen molar-refractivity contribution in [2.24, 2.45) is 7.05 Å². The van der Waals surface area contributed by atoms with Crippen molar-refractivity contribution in [3.8, 4) is 11.1 Å². The van der Waals surface area contributed by atoms with Crippen LogP contribution in [0.25, 0.3) is 11.1 Å². The average molecular weight is 335 g/mol. The molecule has 0 saturated carbocycles. The molecule has 3 rings (SSSR count). The number of nitrogens with zero attached hydrogens (tertiary/aromatic N) is 4. The number of carbonyl (C=O) groups is 1. The summed E-state index contributed by atoms with van der Waals surface area (Å²) in [5.41, 5.74) is 4.58. The van der Waals surface area contributed by atoms with Crippen molar-refractivity contribution in [2.75, 3.05) is 0 Å². The Hall–Kier alpha value is -3.02. The zero-order valence-electron chi connectivity index (χ0n) is 14.8. The first-order valence-electron chi connectivity index (χ1n) is 8.14. The van der Waals surface area contributed by atoms with E-state index in [0.717, 1.165) is 22.5 Å². The monoisotopic (exact) mass is 335 g/mol. The van der Waals surface area contributed by atoms with Gasteiger partial charge in [-0.2, -0.15) is 0 Å². The van der Waals surface area contributed by atoms with Crippen LogP contribution in [0.15, 0.2) is 42.7 Å². The summed E-state index contributed by atoms with van der Waals surface area (Å²) in [5.74, 6) is 0.574. The predicted molar refractivity (Wildman–Crippen MR) is 96.0 cm³/mol. The summed E-state index contributed by atoms with van der Waals surface area (Å²) in [6.45, 7) is 5.83. The molecule has 1 amide bonds. The lowest BCUT2D eigenvalue weighted by atomic mass is 10.0. The number of pyridine rings is 1. The van der Waals surface area contributed by atoms with Gasteiger partial charge in [0.25, 0.3) is 5.91 Å². The summed E-state index contributed by atoms with van der Waals surface area (Å²) in [4.78, 5) is 17.0. The summed E-state index contributed by atoms with van der Waals surface area (Å²) in [5, 5.41) is 10.9. The number of benzene rings is 1. The summed E-state index contributed by atoms with van der Waals surface area (Å²) in [6.07, 6.45) is 1.62. The fourth-order valence-electron chi connectivity index (χ4n) is 2.87. The Morgan fingerprint density at radius 1 is 1.12 bits per heavy atom. The first-order valence-corrected chi connectivity index (χ1v) is 8.14. The third-order valence-electron chi connectivity index (χ3n) is 4.02. The molecule has 0 aliphatic carbocycles. The summed E-state index contributed by atoms with van der Waals surface area (Å²) in [7, 11) is 1.85. The normalized spacial score (nSPS) is 12.0. The maximum Gasteiger partial charge on any atom is 0.251 e. The van der Waals surface area contributed by atoms with Gasteiger partial charge < -0.3 is 9.88 Å². The van der Waals surface area contributed by atoms with Crippen LogP contribution in [0.4, 0.5) is 0 Å². The molecule has 6 heteroatoms. The predicted octanol–water partition coefficient (Wildman–Crippen LogP) is 2.98. The van der Waals surface area contributed by atoms with Crippen LogP contribution < -0.4 is 5.32 Å². The van der Waals surface area contributed by atoms with Crippen LogP contribution in [-0.4, -0.2) is 25.7 Å². The van der Waals surface area contributed by atoms with E-state index in [4.69, 9.17) is 0 Å². The van der Waals surface area contributed by atoms with Gasteiger partial charge in [-0.1, -0.05) is 12.1 Å². The molecule has 2 heterocycles. The van der Waals surface area contributed by atoms with Crippen LogP contribution >= 0.6 is 0 Å². The number of hydrogen-bond acceptors (Lipinski definition) is 4. The maximum absolute atomic E-state index is 12.6. The number of rotatable bonds is 4. The second kappa shape index (κ2) is 6.84. The second-order valence-corrected chi connectivity index (χ2v) is 6.21. The van der Waals surface area contributed by atoms with Crippen LogP contribution in [0.5, 0.6) is 0 Å². The van der Waals surface area contributed by atoms with Gasteiger partial charge in [0.1, 0.15) is 6.33 Å². The molecule has 0 aliphatic rings. The van der Waals surface area contributed by atoms with Crippen molar-refractivity contribution in [1.82, 2.24) is 25.1 Å². The molecule has 1 N–H and O–H groups in total. The highest BCUT2D eigenvalue weighted by Gasteiger charge is 2.16. The molecule has 1 atom stereocenters. The first-order chi connectivity index (χ1) is 11.9. The number of aryl methyl sites for hydroxylation is 3. The Bertz CT molecular complexity index is 895. The van der Waals surface area contributed by atoms with Gasteiger partial charge in [-0.15, -0.1) is 10.2 Å². The Morgan fingerprint density at radius 2 is 1.84 bits per heavy atom. The average Bonchev–Trinajstić information content (AvgIpc) is 3.00. The molecule has 1 aromatic carbocycles. The van der Waals surface area contributed by atoms with E-state index in [1.54, 1.807) is 10.9 Å². The number of nitrogens with one attached hydrogen (secondary N) is 1. The molecule has 0 fully saturated rings. The van der Waals surface area contributed by atoms with Gasteiger partial charge in [-0.25, -0.2) is 0 Å².